The summed E-state index contributed by atoms with van der Waals surface area (Å²) in [6.45, 7) is 0. The second kappa shape index (κ2) is 7.38. The van der Waals surface area contributed by atoms with Crippen molar-refractivity contribution in [2.24, 2.45) is 0 Å². The number of thiophene rings is 1. The Morgan fingerprint density at radius 3 is 2.58 bits per heavy atom. The summed E-state index contributed by atoms with van der Waals surface area (Å²) in [5.41, 5.74) is 1.59. The van der Waals surface area contributed by atoms with Crippen LogP contribution < -0.4 is 10.1 Å². The Labute approximate surface area is 157 Å². The topological polar surface area (TPSA) is 75.7 Å². The van der Waals surface area contributed by atoms with Gasteiger partial charge in [0.15, 0.2) is 0 Å². The number of nitrogens with one attached hydrogen (secondary N) is 1. The fourth-order valence-corrected chi connectivity index (χ4v) is 5.02. The van der Waals surface area contributed by atoms with Gasteiger partial charge in [-0.2, -0.15) is 0 Å². The van der Waals surface area contributed by atoms with Gasteiger partial charge in [0.25, 0.3) is 5.91 Å². The number of anilines is 1. The van der Waals surface area contributed by atoms with E-state index in [-0.39, 0.29) is 10.8 Å². The molecule has 8 heteroatoms. The number of carbonyl (C=O) groups excluding carboxylic acids is 1. The maximum atomic E-state index is 12.7. The van der Waals surface area contributed by atoms with Crippen molar-refractivity contribution in [3.8, 4) is 5.75 Å². The van der Waals surface area contributed by atoms with E-state index in [1.165, 1.54) is 55.1 Å². The molecule has 0 fully saturated rings. The molecule has 0 radical (unpaired) electrons. The molecule has 6 nitrogen and oxygen atoms in total. The van der Waals surface area contributed by atoms with Crippen LogP contribution >= 0.6 is 11.3 Å². The highest BCUT2D eigenvalue weighted by atomic mass is 32.2. The number of aryl methyl sites for hydroxylation is 2. The molecule has 2 aromatic rings. The molecule has 1 amide bonds. The highest BCUT2D eigenvalue weighted by Crippen LogP contribution is 2.32. The molecule has 3 rings (SSSR count). The van der Waals surface area contributed by atoms with Gasteiger partial charge >= 0.3 is 0 Å². The largest absolute Gasteiger partial charge is 0.495 e. The number of hydrogen-bond donors (Lipinski definition) is 1. The van der Waals surface area contributed by atoms with Crippen LogP contribution in [0.25, 0.3) is 0 Å². The van der Waals surface area contributed by atoms with Crippen LogP contribution in [0, 0.1) is 0 Å². The van der Waals surface area contributed by atoms with E-state index in [1.807, 2.05) is 6.07 Å². The van der Waals surface area contributed by atoms with Crippen molar-refractivity contribution < 1.29 is 17.9 Å². The van der Waals surface area contributed by atoms with Gasteiger partial charge in [-0.15, -0.1) is 11.3 Å². The van der Waals surface area contributed by atoms with Gasteiger partial charge in [-0.25, -0.2) is 12.7 Å². The molecule has 1 aromatic heterocycles. The number of carbonyl (C=O) groups is 1. The van der Waals surface area contributed by atoms with E-state index in [0.29, 0.717) is 16.3 Å². The molecule has 26 heavy (non-hydrogen) atoms. The number of methoxy groups -OCH3 is 1. The molecule has 140 valence electrons. The monoisotopic (exact) mass is 394 g/mol. The molecule has 0 spiro atoms. The molecular formula is C18H22N2O4S2. The normalized spacial score (nSPS) is 14.2. The predicted molar refractivity (Wildman–Crippen MR) is 103 cm³/mol. The maximum Gasteiger partial charge on any atom is 0.265 e. The minimum absolute atomic E-state index is 0.101. The van der Waals surface area contributed by atoms with Crippen LogP contribution in [-0.2, 0) is 22.9 Å². The van der Waals surface area contributed by atoms with E-state index in [4.69, 9.17) is 4.74 Å². The third kappa shape index (κ3) is 3.62. The van der Waals surface area contributed by atoms with Gasteiger partial charge in [0.2, 0.25) is 10.0 Å². The lowest BCUT2D eigenvalue weighted by atomic mass is 9.99. The molecule has 0 saturated heterocycles. The van der Waals surface area contributed by atoms with E-state index < -0.39 is 10.0 Å². The zero-order valence-corrected chi connectivity index (χ0v) is 16.7. The smallest absolute Gasteiger partial charge is 0.265 e. The van der Waals surface area contributed by atoms with Crippen LogP contribution in [-0.4, -0.2) is 39.8 Å². The quantitative estimate of drug-likeness (QED) is 0.845. The summed E-state index contributed by atoms with van der Waals surface area (Å²) in [6.07, 6.45) is 4.35. The zero-order chi connectivity index (χ0) is 18.9. The highest BCUT2D eigenvalue weighted by Gasteiger charge is 2.21. The Morgan fingerprint density at radius 2 is 1.92 bits per heavy atom. The molecule has 1 aromatic carbocycles. The summed E-state index contributed by atoms with van der Waals surface area (Å²) in [7, 11) is 0.816. The molecule has 0 bridgehead atoms. The first-order valence-electron chi connectivity index (χ1n) is 8.36. The van der Waals surface area contributed by atoms with Gasteiger partial charge in [-0.1, -0.05) is 0 Å². The van der Waals surface area contributed by atoms with Crippen molar-refractivity contribution in [1.82, 2.24) is 4.31 Å². The van der Waals surface area contributed by atoms with Crippen molar-refractivity contribution in [3.63, 3.8) is 0 Å². The second-order valence-electron chi connectivity index (χ2n) is 6.37. The van der Waals surface area contributed by atoms with Crippen LogP contribution in [0.15, 0.2) is 29.2 Å². The number of rotatable bonds is 5. The van der Waals surface area contributed by atoms with E-state index in [9.17, 15) is 13.2 Å². The van der Waals surface area contributed by atoms with Gasteiger partial charge in [0.05, 0.1) is 22.6 Å². The van der Waals surface area contributed by atoms with Crippen molar-refractivity contribution >= 4 is 33.0 Å². The second-order valence-corrected chi connectivity index (χ2v) is 9.66. The number of sulfonamides is 1. The van der Waals surface area contributed by atoms with Gasteiger partial charge in [-0.05, 0) is 55.5 Å². The third-order valence-corrected chi connectivity index (χ3v) is 7.47. The van der Waals surface area contributed by atoms with Crippen molar-refractivity contribution in [2.75, 3.05) is 26.5 Å². The van der Waals surface area contributed by atoms with E-state index in [2.05, 4.69) is 5.32 Å². The van der Waals surface area contributed by atoms with Crippen LogP contribution in [0.2, 0.25) is 0 Å². The Balaban J connectivity index is 1.90. The standard InChI is InChI=1S/C18H22N2O4S2/c1-20(2)26(22,23)13-8-9-15(24-3)14(11-13)19-18(21)17-10-12-6-4-5-7-16(12)25-17/h8-11H,4-7H2,1-3H3,(H,19,21). The van der Waals surface area contributed by atoms with Crippen LogP contribution in [0.3, 0.4) is 0 Å². The summed E-state index contributed by atoms with van der Waals surface area (Å²) in [5, 5.41) is 2.80. The molecule has 1 aliphatic rings. The molecule has 1 aliphatic carbocycles. The van der Waals surface area contributed by atoms with E-state index >= 15 is 0 Å². The Morgan fingerprint density at radius 1 is 1.19 bits per heavy atom. The number of amides is 1. The van der Waals surface area contributed by atoms with Gasteiger partial charge in [0.1, 0.15) is 5.75 Å². The van der Waals surface area contributed by atoms with Crippen LogP contribution in [0.4, 0.5) is 5.69 Å². The molecule has 0 atom stereocenters. The summed E-state index contributed by atoms with van der Waals surface area (Å²) in [4.78, 5) is 14.7. The summed E-state index contributed by atoms with van der Waals surface area (Å²) < 4.78 is 31.1. The van der Waals surface area contributed by atoms with Crippen molar-refractivity contribution in [2.45, 2.75) is 30.6 Å². The van der Waals surface area contributed by atoms with Gasteiger partial charge in [-0.3, -0.25) is 4.79 Å². The first-order chi connectivity index (χ1) is 12.3. The molecule has 1 N–H and O–H groups in total. The average Bonchev–Trinajstić information content (AvgIpc) is 3.05. The van der Waals surface area contributed by atoms with Crippen LogP contribution in [0.1, 0.15) is 33.0 Å². The minimum atomic E-state index is -3.60. The summed E-state index contributed by atoms with van der Waals surface area (Å²) in [5.74, 6) is 0.166. The molecule has 0 saturated carbocycles. The average molecular weight is 395 g/mol. The highest BCUT2D eigenvalue weighted by molar-refractivity contribution is 7.89. The van der Waals surface area contributed by atoms with Crippen molar-refractivity contribution in [1.29, 1.82) is 0 Å². The summed E-state index contributed by atoms with van der Waals surface area (Å²) >= 11 is 1.51. The molecule has 1 heterocycles. The number of benzene rings is 1. The molecule has 0 unspecified atom stereocenters. The van der Waals surface area contributed by atoms with E-state index in [1.54, 1.807) is 6.07 Å². The zero-order valence-electron chi connectivity index (χ0n) is 15.0. The number of ether oxygens (including phenoxy) is 1. The predicted octanol–water partition coefficient (Wildman–Crippen LogP) is 3.14. The lowest BCUT2D eigenvalue weighted by Gasteiger charge is -2.15. The maximum absolute atomic E-state index is 12.7. The SMILES string of the molecule is COc1ccc(S(=O)(=O)N(C)C)cc1NC(=O)c1cc2c(s1)CCCC2. The number of hydrogen-bond acceptors (Lipinski definition) is 5. The third-order valence-electron chi connectivity index (χ3n) is 4.42. The number of nitrogens with zero attached hydrogens (tertiary/aromatic N) is 1. The Bertz CT molecular complexity index is 909. The Kier molecular flexibility index (Phi) is 5.36. The Hall–Kier alpha value is -1.90. The minimum Gasteiger partial charge on any atom is -0.495 e. The summed E-state index contributed by atoms with van der Waals surface area (Å²) in [6, 6.07) is 6.39. The first kappa shape index (κ1) is 18.9. The fraction of sp³-hybridized carbons (Fsp3) is 0.389. The fourth-order valence-electron chi connectivity index (χ4n) is 2.94. The van der Waals surface area contributed by atoms with Gasteiger partial charge in [0, 0.05) is 19.0 Å². The lowest BCUT2D eigenvalue weighted by Crippen LogP contribution is -2.22. The van der Waals surface area contributed by atoms with Crippen molar-refractivity contribution in [3.05, 3.63) is 39.6 Å². The lowest BCUT2D eigenvalue weighted by molar-refractivity contribution is 0.103. The molecule has 0 aliphatic heterocycles. The van der Waals surface area contributed by atoms with Gasteiger partial charge < -0.3 is 10.1 Å². The van der Waals surface area contributed by atoms with E-state index in [0.717, 1.165) is 30.0 Å². The first-order valence-corrected chi connectivity index (χ1v) is 10.6. The van der Waals surface area contributed by atoms with Crippen LogP contribution in [0.5, 0.6) is 5.75 Å². The molecular weight excluding hydrogens is 372 g/mol. The number of fused-ring (bicyclic) bond motifs is 1.